The Labute approximate surface area is 140 Å². The van der Waals surface area contributed by atoms with E-state index in [1.165, 1.54) is 12.1 Å². The van der Waals surface area contributed by atoms with E-state index in [2.05, 4.69) is 15.2 Å². The first-order valence-electron chi connectivity index (χ1n) is 8.11. The van der Waals surface area contributed by atoms with E-state index in [9.17, 15) is 9.18 Å². The molecule has 0 bridgehead atoms. The van der Waals surface area contributed by atoms with Gasteiger partial charge < -0.3 is 15.0 Å². The Kier molecular flexibility index (Phi) is 4.30. The Balaban J connectivity index is 1.65. The van der Waals surface area contributed by atoms with Crippen molar-refractivity contribution in [1.82, 2.24) is 10.3 Å². The van der Waals surface area contributed by atoms with Gasteiger partial charge in [0.25, 0.3) is 0 Å². The van der Waals surface area contributed by atoms with Gasteiger partial charge in [0.15, 0.2) is 0 Å². The fourth-order valence-corrected chi connectivity index (χ4v) is 2.82. The lowest BCUT2D eigenvalue weighted by Crippen LogP contribution is -2.40. The normalized spacial score (nSPS) is 18.0. The number of carbonyl (C=O) groups is 1. The number of benzene rings is 1. The van der Waals surface area contributed by atoms with E-state index in [0.29, 0.717) is 6.54 Å². The van der Waals surface area contributed by atoms with Crippen LogP contribution in [-0.4, -0.2) is 35.8 Å². The third-order valence-electron chi connectivity index (χ3n) is 3.87. The molecule has 3 rings (SSSR count). The number of rotatable bonds is 2. The van der Waals surface area contributed by atoms with Crippen LogP contribution in [0.2, 0.25) is 0 Å². The summed E-state index contributed by atoms with van der Waals surface area (Å²) in [7, 11) is 0. The number of hydrogen-bond acceptors (Lipinski definition) is 4. The van der Waals surface area contributed by atoms with Crippen LogP contribution < -0.4 is 10.2 Å². The molecule has 1 amide bonds. The van der Waals surface area contributed by atoms with Crippen LogP contribution in [0.4, 0.5) is 15.0 Å². The second kappa shape index (κ2) is 6.26. The number of fused-ring (bicyclic) bond motifs is 1. The van der Waals surface area contributed by atoms with Crippen molar-refractivity contribution in [1.29, 1.82) is 0 Å². The average Bonchev–Trinajstić information content (AvgIpc) is 2.93. The van der Waals surface area contributed by atoms with Crippen molar-refractivity contribution < 1.29 is 13.9 Å². The molecule has 0 spiro atoms. The molecule has 2 heterocycles. The largest absolute Gasteiger partial charge is 0.444 e. The zero-order valence-corrected chi connectivity index (χ0v) is 14.2. The van der Waals surface area contributed by atoms with Crippen LogP contribution in [0.3, 0.4) is 0 Å². The molecule has 128 valence electrons. The summed E-state index contributed by atoms with van der Waals surface area (Å²) in [6.07, 6.45) is 0.443. The molecule has 1 N–H and O–H groups in total. The number of nitrogens with one attached hydrogen (secondary N) is 1. The Hall–Kier alpha value is -2.37. The van der Waals surface area contributed by atoms with Crippen molar-refractivity contribution in [3.63, 3.8) is 0 Å². The number of amides is 1. The molecule has 1 aromatic carbocycles. The van der Waals surface area contributed by atoms with Gasteiger partial charge in [0.05, 0.1) is 11.6 Å². The van der Waals surface area contributed by atoms with Gasteiger partial charge in [-0.15, -0.1) is 0 Å². The first kappa shape index (κ1) is 16.5. The summed E-state index contributed by atoms with van der Waals surface area (Å²) in [5.41, 5.74) is 0.259. The van der Waals surface area contributed by atoms with E-state index in [1.807, 2.05) is 32.9 Å². The summed E-state index contributed by atoms with van der Waals surface area (Å²) in [6, 6.07) is 8.36. The first-order chi connectivity index (χ1) is 11.3. The van der Waals surface area contributed by atoms with Crippen molar-refractivity contribution in [3.8, 4) is 0 Å². The molecular formula is C18H22FN3O2. The summed E-state index contributed by atoms with van der Waals surface area (Å²) in [6.45, 7) is 7.01. The van der Waals surface area contributed by atoms with Gasteiger partial charge >= 0.3 is 6.09 Å². The number of hydrogen-bond donors (Lipinski definition) is 1. The lowest BCUT2D eigenvalue weighted by molar-refractivity contribution is 0.0509. The van der Waals surface area contributed by atoms with Gasteiger partial charge in [0.2, 0.25) is 0 Å². The molecule has 1 aliphatic rings. The molecular weight excluding hydrogens is 309 g/mol. The monoisotopic (exact) mass is 331 g/mol. The number of alkyl carbamates (subject to hydrolysis) is 1. The van der Waals surface area contributed by atoms with E-state index < -0.39 is 11.7 Å². The van der Waals surface area contributed by atoms with Crippen LogP contribution in [0.15, 0.2) is 30.3 Å². The molecule has 0 unspecified atom stereocenters. The lowest BCUT2D eigenvalue weighted by Gasteiger charge is -2.22. The van der Waals surface area contributed by atoms with E-state index in [-0.39, 0.29) is 11.9 Å². The minimum absolute atomic E-state index is 0.0329. The van der Waals surface area contributed by atoms with Crippen molar-refractivity contribution >= 4 is 22.8 Å². The number of pyridine rings is 1. The van der Waals surface area contributed by atoms with Crippen molar-refractivity contribution in [2.24, 2.45) is 0 Å². The molecule has 6 heteroatoms. The molecule has 1 aliphatic heterocycles. The summed E-state index contributed by atoms with van der Waals surface area (Å²) in [5, 5.41) is 3.68. The van der Waals surface area contributed by atoms with Crippen LogP contribution in [0.5, 0.6) is 0 Å². The van der Waals surface area contributed by atoms with Gasteiger partial charge in [0, 0.05) is 18.5 Å². The Morgan fingerprint density at radius 2 is 2.12 bits per heavy atom. The molecule has 1 aromatic heterocycles. The van der Waals surface area contributed by atoms with Crippen LogP contribution >= 0.6 is 0 Å². The summed E-state index contributed by atoms with van der Waals surface area (Å²) >= 11 is 0. The molecule has 0 radical (unpaired) electrons. The Morgan fingerprint density at radius 3 is 2.88 bits per heavy atom. The van der Waals surface area contributed by atoms with E-state index in [0.717, 1.165) is 29.7 Å². The van der Waals surface area contributed by atoms with E-state index >= 15 is 0 Å². The highest BCUT2D eigenvalue weighted by Gasteiger charge is 2.26. The second-order valence-electron chi connectivity index (χ2n) is 7.08. The molecule has 2 aromatic rings. The zero-order valence-electron chi connectivity index (χ0n) is 14.2. The molecule has 1 atom stereocenters. The Morgan fingerprint density at radius 1 is 1.33 bits per heavy atom. The number of carbonyl (C=O) groups excluding carboxylic acids is 1. The van der Waals surface area contributed by atoms with Gasteiger partial charge in [-0.25, -0.2) is 14.2 Å². The maximum atomic E-state index is 13.2. The molecule has 5 nitrogen and oxygen atoms in total. The van der Waals surface area contributed by atoms with Gasteiger partial charge in [0.1, 0.15) is 17.2 Å². The molecule has 0 aliphatic carbocycles. The topological polar surface area (TPSA) is 54.5 Å². The summed E-state index contributed by atoms with van der Waals surface area (Å²) in [5.74, 6) is 0.572. The van der Waals surface area contributed by atoms with Crippen LogP contribution in [0.25, 0.3) is 10.9 Å². The predicted molar refractivity (Wildman–Crippen MR) is 91.7 cm³/mol. The van der Waals surface area contributed by atoms with Gasteiger partial charge in [-0.3, -0.25) is 0 Å². The third kappa shape index (κ3) is 3.93. The quantitative estimate of drug-likeness (QED) is 0.915. The molecule has 1 fully saturated rings. The lowest BCUT2D eigenvalue weighted by atomic mass is 10.2. The fraction of sp³-hybridized carbons (Fsp3) is 0.444. The molecule has 1 saturated heterocycles. The summed E-state index contributed by atoms with van der Waals surface area (Å²) < 4.78 is 18.5. The number of anilines is 1. The van der Waals surface area contributed by atoms with Crippen molar-refractivity contribution in [2.45, 2.75) is 38.8 Å². The SMILES string of the molecule is CC(C)(C)OC(=O)N[C@@H]1CCN(c2ccc3cc(F)ccc3n2)C1. The average molecular weight is 331 g/mol. The van der Waals surface area contributed by atoms with Crippen LogP contribution in [0, 0.1) is 5.82 Å². The Bertz CT molecular complexity index is 758. The highest BCUT2D eigenvalue weighted by atomic mass is 19.1. The molecule has 0 saturated carbocycles. The third-order valence-corrected chi connectivity index (χ3v) is 3.87. The number of aromatic nitrogens is 1. The minimum atomic E-state index is -0.502. The minimum Gasteiger partial charge on any atom is -0.444 e. The van der Waals surface area contributed by atoms with Gasteiger partial charge in [-0.2, -0.15) is 0 Å². The highest BCUT2D eigenvalue weighted by molar-refractivity contribution is 5.80. The highest BCUT2D eigenvalue weighted by Crippen LogP contribution is 2.22. The summed E-state index contributed by atoms with van der Waals surface area (Å²) in [4.78, 5) is 18.6. The number of halogens is 1. The fourth-order valence-electron chi connectivity index (χ4n) is 2.82. The second-order valence-corrected chi connectivity index (χ2v) is 7.08. The van der Waals surface area contributed by atoms with E-state index in [4.69, 9.17) is 4.74 Å². The maximum absolute atomic E-state index is 13.2. The van der Waals surface area contributed by atoms with Gasteiger partial charge in [-0.05, 0) is 57.5 Å². The number of ether oxygens (including phenoxy) is 1. The van der Waals surface area contributed by atoms with Crippen molar-refractivity contribution in [3.05, 3.63) is 36.1 Å². The standard InChI is InChI=1S/C18H22FN3O2/c1-18(2,3)24-17(23)20-14-8-9-22(11-14)16-7-4-12-10-13(19)5-6-15(12)21-16/h4-7,10,14H,8-9,11H2,1-3H3,(H,20,23)/t14-/m1/s1. The predicted octanol–water partition coefficient (Wildman–Crippen LogP) is 3.48. The van der Waals surface area contributed by atoms with Crippen molar-refractivity contribution in [2.75, 3.05) is 18.0 Å². The van der Waals surface area contributed by atoms with Gasteiger partial charge in [-0.1, -0.05) is 0 Å². The smallest absolute Gasteiger partial charge is 0.407 e. The first-order valence-corrected chi connectivity index (χ1v) is 8.11. The number of nitrogens with zero attached hydrogens (tertiary/aromatic N) is 2. The van der Waals surface area contributed by atoms with Crippen LogP contribution in [-0.2, 0) is 4.74 Å². The molecule has 24 heavy (non-hydrogen) atoms. The van der Waals surface area contributed by atoms with E-state index in [1.54, 1.807) is 6.07 Å². The zero-order chi connectivity index (χ0) is 17.3. The maximum Gasteiger partial charge on any atom is 0.407 e. The van der Waals surface area contributed by atoms with Crippen LogP contribution in [0.1, 0.15) is 27.2 Å².